The van der Waals surface area contributed by atoms with Crippen LogP contribution in [0.15, 0.2) is 11.3 Å². The minimum absolute atomic E-state index is 0.0152. The summed E-state index contributed by atoms with van der Waals surface area (Å²) in [5.74, 6) is -1.09. The van der Waals surface area contributed by atoms with Crippen molar-refractivity contribution in [2.75, 3.05) is 38.5 Å². The number of piperidine rings is 1. The van der Waals surface area contributed by atoms with E-state index in [0.717, 1.165) is 31.5 Å². The van der Waals surface area contributed by atoms with E-state index in [2.05, 4.69) is 0 Å². The molecule has 1 amide bonds. The van der Waals surface area contributed by atoms with Gasteiger partial charge in [-0.15, -0.1) is 11.8 Å². The van der Waals surface area contributed by atoms with Crippen LogP contribution in [0.2, 0.25) is 0 Å². The van der Waals surface area contributed by atoms with E-state index in [1.807, 2.05) is 0 Å². The molecule has 3 aliphatic rings. The summed E-state index contributed by atoms with van der Waals surface area (Å²) in [7, 11) is 0. The molecule has 3 N–H and O–H groups in total. The van der Waals surface area contributed by atoms with Crippen LogP contribution in [0.4, 0.5) is 0 Å². The van der Waals surface area contributed by atoms with Crippen molar-refractivity contribution >= 4 is 23.6 Å². The number of carboxylic acid groups (broad SMARTS) is 1. The van der Waals surface area contributed by atoms with Crippen LogP contribution < -0.4 is 10.8 Å². The summed E-state index contributed by atoms with van der Waals surface area (Å²) in [6, 6.07) is -0.619. The van der Waals surface area contributed by atoms with Gasteiger partial charge in [0.25, 0.3) is 0 Å². The molecule has 2 saturated heterocycles. The summed E-state index contributed by atoms with van der Waals surface area (Å²) in [6.07, 6.45) is 3.34. The fraction of sp³-hybridized carbons (Fsp3) is 0.733. The first-order chi connectivity index (χ1) is 11.0. The predicted molar refractivity (Wildman–Crippen MR) is 83.8 cm³/mol. The van der Waals surface area contributed by atoms with Gasteiger partial charge >= 0.3 is 0 Å². The number of quaternary nitrogens is 1. The van der Waals surface area contributed by atoms with Gasteiger partial charge in [0.2, 0.25) is 5.91 Å². The molecule has 23 heavy (non-hydrogen) atoms. The number of nitrogens with zero attached hydrogens (tertiary/aromatic N) is 2. The maximum atomic E-state index is 12.0. The highest BCUT2D eigenvalue weighted by atomic mass is 32.2. The Labute approximate surface area is 139 Å². The zero-order valence-corrected chi connectivity index (χ0v) is 13.9. The Bertz CT molecular complexity index is 539. The van der Waals surface area contributed by atoms with Crippen LogP contribution in [0.25, 0.3) is 0 Å². The molecule has 128 valence electrons. The van der Waals surface area contributed by atoms with E-state index in [1.54, 1.807) is 0 Å². The van der Waals surface area contributed by atoms with Gasteiger partial charge in [-0.3, -0.25) is 9.69 Å². The summed E-state index contributed by atoms with van der Waals surface area (Å²) in [4.78, 5) is 24.9. The van der Waals surface area contributed by atoms with Gasteiger partial charge in [-0.25, -0.2) is 0 Å². The summed E-state index contributed by atoms with van der Waals surface area (Å²) in [5.41, 5.74) is 6.51. The quantitative estimate of drug-likeness (QED) is 0.453. The lowest BCUT2D eigenvalue weighted by Gasteiger charge is -2.50. The minimum Gasteiger partial charge on any atom is -0.543 e. The highest BCUT2D eigenvalue weighted by Gasteiger charge is 2.51. The van der Waals surface area contributed by atoms with Crippen LogP contribution in [0.5, 0.6) is 0 Å². The van der Waals surface area contributed by atoms with E-state index in [9.17, 15) is 19.8 Å². The fourth-order valence-corrected chi connectivity index (χ4v) is 5.23. The molecule has 3 aliphatic heterocycles. The van der Waals surface area contributed by atoms with Gasteiger partial charge in [0.15, 0.2) is 0 Å². The van der Waals surface area contributed by atoms with Crippen LogP contribution in [-0.4, -0.2) is 76.3 Å². The molecule has 0 aromatic rings. The molecule has 0 aromatic carbocycles. The van der Waals surface area contributed by atoms with Gasteiger partial charge in [0.05, 0.1) is 31.4 Å². The first-order valence-electron chi connectivity index (χ1n) is 8.09. The first kappa shape index (κ1) is 16.8. The Morgan fingerprint density at radius 3 is 2.70 bits per heavy atom. The monoisotopic (exact) mass is 341 g/mol. The lowest BCUT2D eigenvalue weighted by Crippen LogP contribution is -2.69. The van der Waals surface area contributed by atoms with E-state index in [4.69, 9.17) is 5.73 Å². The van der Waals surface area contributed by atoms with Crippen molar-refractivity contribution in [3.05, 3.63) is 11.3 Å². The normalized spacial score (nSPS) is 30.0. The van der Waals surface area contributed by atoms with Crippen LogP contribution in [-0.2, 0) is 9.59 Å². The molecule has 0 spiro atoms. The van der Waals surface area contributed by atoms with Crippen molar-refractivity contribution in [2.45, 2.75) is 30.7 Å². The van der Waals surface area contributed by atoms with Crippen molar-refractivity contribution in [3.63, 3.8) is 0 Å². The molecule has 7 nitrogen and oxygen atoms in total. The number of aliphatic hydroxyl groups is 1. The van der Waals surface area contributed by atoms with E-state index in [1.165, 1.54) is 23.1 Å². The third-order valence-corrected chi connectivity index (χ3v) is 6.51. The largest absolute Gasteiger partial charge is 0.543 e. The number of carbonyl (C=O) groups excluding carboxylic acids is 2. The molecular weight excluding hydrogens is 318 g/mol. The van der Waals surface area contributed by atoms with Crippen LogP contribution >= 0.6 is 11.8 Å². The Kier molecular flexibility index (Phi) is 4.68. The zero-order valence-electron chi connectivity index (χ0n) is 13.1. The van der Waals surface area contributed by atoms with E-state index in [0.29, 0.717) is 23.3 Å². The number of aliphatic hydroxyl groups excluding tert-OH is 1. The second-order valence-corrected chi connectivity index (χ2v) is 7.74. The van der Waals surface area contributed by atoms with Crippen molar-refractivity contribution in [2.24, 2.45) is 5.73 Å². The number of thioether (sulfide) groups is 1. The van der Waals surface area contributed by atoms with Crippen LogP contribution in [0.1, 0.15) is 19.3 Å². The molecule has 2 unspecified atom stereocenters. The number of rotatable bonds is 5. The minimum atomic E-state index is -1.30. The molecule has 0 aliphatic carbocycles. The van der Waals surface area contributed by atoms with E-state index in [-0.39, 0.29) is 23.6 Å². The maximum Gasteiger partial charge on any atom is 0.248 e. The van der Waals surface area contributed by atoms with E-state index >= 15 is 0 Å². The molecule has 3 heterocycles. The number of fused-ring (bicyclic) bond motifs is 1. The summed E-state index contributed by atoms with van der Waals surface area (Å²) in [6.45, 7) is 3.13. The number of amides is 1. The summed E-state index contributed by atoms with van der Waals surface area (Å²) < 4.78 is 0.696. The molecule has 0 aromatic heterocycles. The lowest BCUT2D eigenvalue weighted by atomic mass is 10.0. The molecule has 2 fully saturated rings. The molecule has 0 bridgehead atoms. The van der Waals surface area contributed by atoms with Crippen LogP contribution in [0, 0.1) is 0 Å². The highest BCUT2D eigenvalue weighted by molar-refractivity contribution is 8.00. The summed E-state index contributed by atoms with van der Waals surface area (Å²) in [5, 5.41) is 20.8. The van der Waals surface area contributed by atoms with Crippen molar-refractivity contribution in [1.29, 1.82) is 0 Å². The standard InChI is InChI=1S/C15H23N3O4S/c16-11-13(20)17-12(15(21)22)10(9-23-14(11)17)8-18(6-7-19)4-2-1-3-5-18/h11,14,19H,1-9,16H2. The number of carbonyl (C=O) groups is 2. The number of aliphatic carboxylic acids is 1. The number of nitrogens with two attached hydrogens (primary N) is 1. The average molecular weight is 341 g/mol. The molecule has 8 heteroatoms. The third-order valence-electron chi connectivity index (χ3n) is 5.15. The highest BCUT2D eigenvalue weighted by Crippen LogP contribution is 2.40. The van der Waals surface area contributed by atoms with Crippen molar-refractivity contribution in [3.8, 4) is 0 Å². The fourth-order valence-electron chi connectivity index (χ4n) is 3.95. The van der Waals surface area contributed by atoms with Crippen LogP contribution in [0.3, 0.4) is 0 Å². The Hall–Kier alpha value is -1.09. The van der Waals surface area contributed by atoms with Gasteiger partial charge in [0.1, 0.15) is 24.5 Å². The summed E-state index contributed by atoms with van der Waals surface area (Å²) >= 11 is 1.52. The third kappa shape index (κ3) is 2.88. The van der Waals surface area contributed by atoms with Gasteiger partial charge in [-0.2, -0.15) is 0 Å². The van der Waals surface area contributed by atoms with E-state index < -0.39 is 12.0 Å². The second-order valence-electron chi connectivity index (χ2n) is 6.63. The SMILES string of the molecule is NC1C(=O)N2C(C(=O)[O-])=C(C[N+]3(CCO)CCCCC3)CSC12. The lowest BCUT2D eigenvalue weighted by molar-refractivity contribution is -0.928. The van der Waals surface area contributed by atoms with Crippen molar-refractivity contribution in [1.82, 2.24) is 4.90 Å². The molecule has 0 radical (unpaired) electrons. The molecular formula is C15H23N3O4S. The Morgan fingerprint density at radius 1 is 1.39 bits per heavy atom. The number of hydrogen-bond acceptors (Lipinski definition) is 6. The number of carboxylic acids is 1. The number of β-lactam (4-membered cyclic amide) rings is 1. The number of hydrogen-bond donors (Lipinski definition) is 2. The van der Waals surface area contributed by atoms with Gasteiger partial charge in [-0.05, 0) is 19.3 Å². The Balaban J connectivity index is 1.89. The van der Waals surface area contributed by atoms with Gasteiger partial charge in [0, 0.05) is 11.3 Å². The molecule has 3 rings (SSSR count). The molecule has 0 saturated carbocycles. The maximum absolute atomic E-state index is 12.0. The zero-order chi connectivity index (χ0) is 16.6. The second kappa shape index (κ2) is 6.43. The predicted octanol–water partition coefficient (Wildman–Crippen LogP) is -1.77. The average Bonchev–Trinajstić information content (AvgIpc) is 2.54. The Morgan fingerprint density at radius 2 is 2.09 bits per heavy atom. The topological polar surface area (TPSA) is 107 Å². The van der Waals surface area contributed by atoms with Gasteiger partial charge < -0.3 is 25.2 Å². The van der Waals surface area contributed by atoms with Gasteiger partial charge in [-0.1, -0.05) is 0 Å². The van der Waals surface area contributed by atoms with Crippen molar-refractivity contribution < 1.29 is 24.3 Å². The first-order valence-corrected chi connectivity index (χ1v) is 9.13. The molecule has 2 atom stereocenters. The smallest absolute Gasteiger partial charge is 0.248 e. The number of likely N-dealkylation sites (tertiary alicyclic amines) is 1.